The van der Waals surface area contributed by atoms with Gasteiger partial charge in [-0.3, -0.25) is 13.9 Å². The van der Waals surface area contributed by atoms with Crippen LogP contribution in [0.2, 0.25) is 0 Å². The molecule has 208 valence electrons. The highest BCUT2D eigenvalue weighted by Crippen LogP contribution is 2.28. The average molecular weight is 550 g/mol. The van der Waals surface area contributed by atoms with Gasteiger partial charge in [0.15, 0.2) is 0 Å². The molecule has 0 radical (unpaired) electrons. The average Bonchev–Trinajstić information content (AvgIpc) is 2.95. The van der Waals surface area contributed by atoms with E-state index in [1.807, 2.05) is 64.1 Å². The molecule has 0 saturated carbocycles. The lowest BCUT2D eigenvalue weighted by atomic mass is 10.1. The highest BCUT2D eigenvalue weighted by Gasteiger charge is 2.33. The predicted molar refractivity (Wildman–Crippen MR) is 156 cm³/mol. The molecule has 39 heavy (non-hydrogen) atoms. The van der Waals surface area contributed by atoms with Gasteiger partial charge >= 0.3 is 0 Å². The lowest BCUT2D eigenvalue weighted by Crippen LogP contribution is -2.52. The molecule has 0 saturated heterocycles. The quantitative estimate of drug-likeness (QED) is 0.341. The van der Waals surface area contributed by atoms with Gasteiger partial charge in [-0.1, -0.05) is 80.1 Å². The van der Waals surface area contributed by atoms with Gasteiger partial charge < -0.3 is 10.2 Å². The zero-order chi connectivity index (χ0) is 28.6. The summed E-state index contributed by atoms with van der Waals surface area (Å²) in [5.74, 6) is -0.746. The molecule has 0 unspecified atom stereocenters. The Morgan fingerprint density at radius 2 is 1.49 bits per heavy atom. The van der Waals surface area contributed by atoms with Gasteiger partial charge in [-0.15, -0.1) is 0 Å². The summed E-state index contributed by atoms with van der Waals surface area (Å²) in [5, 5.41) is 2.95. The number of nitrogens with zero attached hydrogens (tertiary/aromatic N) is 2. The van der Waals surface area contributed by atoms with Gasteiger partial charge in [0.2, 0.25) is 11.8 Å². The van der Waals surface area contributed by atoms with Crippen molar-refractivity contribution in [2.24, 2.45) is 0 Å². The zero-order valence-corrected chi connectivity index (χ0v) is 24.2. The van der Waals surface area contributed by atoms with Crippen molar-refractivity contribution >= 4 is 27.5 Å². The molecule has 0 heterocycles. The van der Waals surface area contributed by atoms with E-state index in [-0.39, 0.29) is 23.4 Å². The Morgan fingerprint density at radius 1 is 0.872 bits per heavy atom. The number of para-hydroxylation sites is 1. The minimum absolute atomic E-state index is 0.0531. The van der Waals surface area contributed by atoms with Gasteiger partial charge in [-0.05, 0) is 62.9 Å². The van der Waals surface area contributed by atoms with E-state index in [4.69, 9.17) is 0 Å². The zero-order valence-electron chi connectivity index (χ0n) is 23.4. The van der Waals surface area contributed by atoms with Crippen LogP contribution in [-0.4, -0.2) is 43.8 Å². The summed E-state index contributed by atoms with van der Waals surface area (Å²) in [7, 11) is -4.08. The van der Waals surface area contributed by atoms with E-state index >= 15 is 0 Å². The monoisotopic (exact) mass is 549 g/mol. The molecule has 0 spiro atoms. The maximum Gasteiger partial charge on any atom is 0.264 e. The number of anilines is 1. The van der Waals surface area contributed by atoms with Crippen molar-refractivity contribution in [2.75, 3.05) is 10.8 Å². The number of sulfonamides is 1. The Bertz CT molecular complexity index is 1360. The standard InChI is InChI=1S/C31H39N3O4S/c1-6-24(4)32-31(36)25(5)33(21-26-19-17-23(3)18-20-26)30(35)22-34(29-16-12-11-13-27(29)7-2)39(37,38)28-14-9-8-10-15-28/h8-20,24-25H,6-7,21-22H2,1-5H3,(H,32,36)/t24-,25+/m1/s1. The number of hydrogen-bond acceptors (Lipinski definition) is 4. The highest BCUT2D eigenvalue weighted by atomic mass is 32.2. The second-order valence-corrected chi connectivity index (χ2v) is 11.7. The van der Waals surface area contributed by atoms with E-state index in [0.29, 0.717) is 12.1 Å². The molecule has 1 N–H and O–H groups in total. The summed E-state index contributed by atoms with van der Waals surface area (Å²) < 4.78 is 29.0. The topological polar surface area (TPSA) is 86.8 Å². The number of carbonyl (C=O) groups excluding carboxylic acids is 2. The van der Waals surface area contributed by atoms with Crippen LogP contribution in [0.1, 0.15) is 50.8 Å². The molecule has 7 nitrogen and oxygen atoms in total. The molecule has 3 aromatic rings. The van der Waals surface area contributed by atoms with Crippen LogP contribution in [0.25, 0.3) is 0 Å². The Hall–Kier alpha value is -3.65. The van der Waals surface area contributed by atoms with Crippen molar-refractivity contribution in [3.63, 3.8) is 0 Å². The summed E-state index contributed by atoms with van der Waals surface area (Å²) in [6, 6.07) is 22.2. The van der Waals surface area contributed by atoms with Crippen LogP contribution < -0.4 is 9.62 Å². The molecule has 0 aliphatic rings. The molecular weight excluding hydrogens is 510 g/mol. The molecule has 0 fully saturated rings. The van der Waals surface area contributed by atoms with Crippen molar-refractivity contribution in [1.29, 1.82) is 0 Å². The normalized spacial score (nSPS) is 12.8. The van der Waals surface area contributed by atoms with E-state index in [1.165, 1.54) is 21.3 Å². The van der Waals surface area contributed by atoms with Crippen LogP contribution in [0, 0.1) is 6.92 Å². The molecule has 2 amide bonds. The minimum atomic E-state index is -4.08. The molecule has 3 aromatic carbocycles. The van der Waals surface area contributed by atoms with Gasteiger partial charge in [0.25, 0.3) is 10.0 Å². The Morgan fingerprint density at radius 3 is 2.10 bits per heavy atom. The number of aryl methyl sites for hydroxylation is 2. The maximum atomic E-state index is 14.0. The third-order valence-corrected chi connectivity index (χ3v) is 8.67. The van der Waals surface area contributed by atoms with Crippen molar-refractivity contribution in [2.45, 2.75) is 71.0 Å². The summed E-state index contributed by atoms with van der Waals surface area (Å²) in [5.41, 5.74) is 3.18. The maximum absolute atomic E-state index is 14.0. The van der Waals surface area contributed by atoms with Crippen LogP contribution in [0.3, 0.4) is 0 Å². The lowest BCUT2D eigenvalue weighted by molar-refractivity contribution is -0.139. The van der Waals surface area contributed by atoms with E-state index in [1.54, 1.807) is 37.3 Å². The lowest BCUT2D eigenvalue weighted by Gasteiger charge is -2.33. The summed E-state index contributed by atoms with van der Waals surface area (Å²) in [4.78, 5) is 28.7. The minimum Gasteiger partial charge on any atom is -0.352 e. The first kappa shape index (κ1) is 29.9. The number of carbonyl (C=O) groups is 2. The first-order chi connectivity index (χ1) is 18.6. The smallest absolute Gasteiger partial charge is 0.264 e. The van der Waals surface area contributed by atoms with Crippen LogP contribution in [0.4, 0.5) is 5.69 Å². The molecule has 0 aliphatic heterocycles. The van der Waals surface area contributed by atoms with Gasteiger partial charge in [-0.2, -0.15) is 0 Å². The van der Waals surface area contributed by atoms with Crippen LogP contribution >= 0.6 is 0 Å². The summed E-state index contributed by atoms with van der Waals surface area (Å²) in [6.07, 6.45) is 1.34. The summed E-state index contributed by atoms with van der Waals surface area (Å²) >= 11 is 0. The van der Waals surface area contributed by atoms with Crippen LogP contribution in [-0.2, 0) is 32.6 Å². The third kappa shape index (κ3) is 7.47. The van der Waals surface area contributed by atoms with Crippen molar-refractivity contribution in [3.05, 3.63) is 95.6 Å². The number of rotatable bonds is 12. The molecule has 0 bridgehead atoms. The van der Waals surface area contributed by atoms with Crippen LogP contribution in [0.15, 0.2) is 83.8 Å². The van der Waals surface area contributed by atoms with Gasteiger partial charge in [0.05, 0.1) is 10.6 Å². The molecule has 0 aliphatic carbocycles. The van der Waals surface area contributed by atoms with Crippen molar-refractivity contribution < 1.29 is 18.0 Å². The molecule has 3 rings (SSSR count). The molecule has 2 atom stereocenters. The SMILES string of the molecule is CCc1ccccc1N(CC(=O)N(Cc1ccc(C)cc1)[C@@H](C)C(=O)N[C@H](C)CC)S(=O)(=O)c1ccccc1. The largest absolute Gasteiger partial charge is 0.352 e. The predicted octanol–water partition coefficient (Wildman–Crippen LogP) is 5.08. The van der Waals surface area contributed by atoms with Gasteiger partial charge in [0.1, 0.15) is 12.6 Å². The first-order valence-corrected chi connectivity index (χ1v) is 14.8. The number of hydrogen-bond donors (Lipinski definition) is 1. The first-order valence-electron chi connectivity index (χ1n) is 13.4. The Kier molecular flexibility index (Phi) is 10.3. The van der Waals surface area contributed by atoms with Gasteiger partial charge in [-0.25, -0.2) is 8.42 Å². The van der Waals surface area contributed by atoms with Crippen molar-refractivity contribution in [1.82, 2.24) is 10.2 Å². The Labute approximate surface area is 232 Å². The third-order valence-electron chi connectivity index (χ3n) is 6.89. The fourth-order valence-electron chi connectivity index (χ4n) is 4.22. The van der Waals surface area contributed by atoms with E-state index in [0.717, 1.165) is 23.1 Å². The number of nitrogens with one attached hydrogen (secondary N) is 1. The fraction of sp³-hybridized carbons (Fsp3) is 0.355. The summed E-state index contributed by atoms with van der Waals surface area (Å²) in [6.45, 7) is 9.21. The second-order valence-electron chi connectivity index (χ2n) is 9.81. The van der Waals surface area contributed by atoms with Crippen molar-refractivity contribution in [3.8, 4) is 0 Å². The highest BCUT2D eigenvalue weighted by molar-refractivity contribution is 7.92. The molecular formula is C31H39N3O4S. The van der Waals surface area contributed by atoms with Crippen LogP contribution in [0.5, 0.6) is 0 Å². The van der Waals surface area contributed by atoms with E-state index < -0.39 is 28.5 Å². The molecule has 0 aromatic heterocycles. The van der Waals surface area contributed by atoms with Gasteiger partial charge in [0, 0.05) is 12.6 Å². The second kappa shape index (κ2) is 13.4. The van der Waals surface area contributed by atoms with E-state index in [2.05, 4.69) is 5.32 Å². The number of benzene rings is 3. The number of amides is 2. The Balaban J connectivity index is 2.04. The fourth-order valence-corrected chi connectivity index (χ4v) is 5.70. The van der Waals surface area contributed by atoms with E-state index in [9.17, 15) is 18.0 Å². The molecule has 8 heteroatoms.